The van der Waals surface area contributed by atoms with E-state index in [9.17, 15) is 5.11 Å². The number of benzene rings is 2. The number of hydrogen-bond acceptors (Lipinski definition) is 7. The lowest BCUT2D eigenvalue weighted by Crippen LogP contribution is -2.23. The van der Waals surface area contributed by atoms with Crippen molar-refractivity contribution in [3.8, 4) is 28.6 Å². The van der Waals surface area contributed by atoms with Gasteiger partial charge >= 0.3 is 0 Å². The largest absolute Gasteiger partial charge is 0.508 e. The number of hydrogen-bond donors (Lipinski definition) is 2. The standard InChI is InChI=1S/C26H25N5O3/c1-33-20-12-9-16(13-21(20)34-2)22-18-5-3-4-6-19(18)28-25-23(22)26-29-24(30-31(26)14-27-25)15-7-10-17(32)11-8-15/h7-14,22,28,32H,3-6H2,1-2H3. The summed E-state index contributed by atoms with van der Waals surface area (Å²) in [6.07, 6.45) is 6.05. The first kappa shape index (κ1) is 20.5. The predicted octanol–water partition coefficient (Wildman–Crippen LogP) is 4.90. The zero-order chi connectivity index (χ0) is 23.2. The van der Waals surface area contributed by atoms with Crippen molar-refractivity contribution >= 4 is 11.5 Å². The number of phenolic OH excluding ortho intramolecular Hbond substituents is 1. The number of nitrogens with one attached hydrogen (secondary N) is 1. The number of aromatic nitrogens is 4. The number of anilines is 1. The first-order valence-electron chi connectivity index (χ1n) is 11.4. The first-order chi connectivity index (χ1) is 16.7. The third-order valence-corrected chi connectivity index (χ3v) is 6.71. The van der Waals surface area contributed by atoms with Crippen molar-refractivity contribution in [2.45, 2.75) is 31.6 Å². The lowest BCUT2D eigenvalue weighted by Gasteiger charge is -2.34. The maximum absolute atomic E-state index is 9.66. The van der Waals surface area contributed by atoms with Crippen molar-refractivity contribution < 1.29 is 14.6 Å². The topological polar surface area (TPSA) is 93.8 Å². The molecule has 2 aliphatic rings. The molecule has 34 heavy (non-hydrogen) atoms. The van der Waals surface area contributed by atoms with E-state index in [1.807, 2.05) is 18.2 Å². The van der Waals surface area contributed by atoms with Gasteiger partial charge in [0.2, 0.25) is 0 Å². The molecule has 172 valence electrons. The molecule has 0 saturated heterocycles. The number of allylic oxidation sites excluding steroid dienone is 2. The molecular weight excluding hydrogens is 430 g/mol. The Balaban J connectivity index is 1.57. The fourth-order valence-electron chi connectivity index (χ4n) is 5.08. The molecule has 8 nitrogen and oxygen atoms in total. The molecule has 3 heterocycles. The van der Waals surface area contributed by atoms with Crippen LogP contribution in [0, 0.1) is 0 Å². The van der Waals surface area contributed by atoms with Crippen molar-refractivity contribution in [3.63, 3.8) is 0 Å². The molecule has 1 unspecified atom stereocenters. The normalized spacial score (nSPS) is 17.2. The van der Waals surface area contributed by atoms with E-state index < -0.39 is 0 Å². The van der Waals surface area contributed by atoms with Crippen LogP contribution in [-0.2, 0) is 0 Å². The Kier molecular flexibility index (Phi) is 4.86. The van der Waals surface area contributed by atoms with Gasteiger partial charge in [-0.25, -0.2) is 14.5 Å². The lowest BCUT2D eigenvalue weighted by atomic mass is 9.77. The van der Waals surface area contributed by atoms with Gasteiger partial charge in [0.25, 0.3) is 0 Å². The van der Waals surface area contributed by atoms with Crippen LogP contribution in [-0.4, -0.2) is 38.9 Å². The highest BCUT2D eigenvalue weighted by Gasteiger charge is 2.34. The van der Waals surface area contributed by atoms with Crippen molar-refractivity contribution in [1.82, 2.24) is 19.6 Å². The SMILES string of the molecule is COc1ccc(C2C3=C(CCCC3)Nc3ncn4nc(-c5ccc(O)cc5)nc4c32)cc1OC. The molecule has 0 bridgehead atoms. The Morgan fingerprint density at radius 1 is 1.00 bits per heavy atom. The molecule has 8 heteroatoms. The van der Waals surface area contributed by atoms with Crippen molar-refractivity contribution in [3.05, 3.63) is 71.2 Å². The summed E-state index contributed by atoms with van der Waals surface area (Å²) in [7, 11) is 3.30. The fourth-order valence-corrected chi connectivity index (χ4v) is 5.08. The van der Waals surface area contributed by atoms with E-state index in [1.54, 1.807) is 37.2 Å². The Hall–Kier alpha value is -4.07. The van der Waals surface area contributed by atoms with Crippen molar-refractivity contribution in [1.29, 1.82) is 0 Å². The Morgan fingerprint density at radius 2 is 1.79 bits per heavy atom. The van der Waals surface area contributed by atoms with Gasteiger partial charge in [-0.15, -0.1) is 5.10 Å². The highest BCUT2D eigenvalue weighted by Crippen LogP contribution is 2.48. The number of ether oxygens (including phenoxy) is 2. The smallest absolute Gasteiger partial charge is 0.182 e. The van der Waals surface area contributed by atoms with Gasteiger partial charge in [0.05, 0.1) is 19.8 Å². The van der Waals surface area contributed by atoms with Crippen LogP contribution < -0.4 is 14.8 Å². The van der Waals surface area contributed by atoms with Crippen LogP contribution in [0.4, 0.5) is 5.82 Å². The van der Waals surface area contributed by atoms with Crippen LogP contribution in [0.25, 0.3) is 17.0 Å². The molecule has 2 aromatic heterocycles. The molecule has 1 atom stereocenters. The first-order valence-corrected chi connectivity index (χ1v) is 11.4. The molecule has 0 saturated carbocycles. The van der Waals surface area contributed by atoms with Crippen LogP contribution >= 0.6 is 0 Å². The van der Waals surface area contributed by atoms with E-state index in [4.69, 9.17) is 19.4 Å². The number of aromatic hydroxyl groups is 1. The highest BCUT2D eigenvalue weighted by atomic mass is 16.5. The van der Waals surface area contributed by atoms with Gasteiger partial charge < -0.3 is 19.9 Å². The Labute approximate surface area is 196 Å². The van der Waals surface area contributed by atoms with Crippen LogP contribution in [0.5, 0.6) is 17.2 Å². The minimum absolute atomic E-state index is 0.0144. The summed E-state index contributed by atoms with van der Waals surface area (Å²) in [6.45, 7) is 0. The zero-order valence-electron chi connectivity index (χ0n) is 19.1. The Bertz CT molecular complexity index is 1420. The molecule has 4 aromatic rings. The number of methoxy groups -OCH3 is 2. The molecule has 0 fully saturated rings. The maximum atomic E-state index is 9.66. The lowest BCUT2D eigenvalue weighted by molar-refractivity contribution is 0.354. The average Bonchev–Trinajstić information content (AvgIpc) is 3.32. The summed E-state index contributed by atoms with van der Waals surface area (Å²) in [5, 5.41) is 17.9. The predicted molar refractivity (Wildman–Crippen MR) is 128 cm³/mol. The quantitative estimate of drug-likeness (QED) is 0.452. The van der Waals surface area contributed by atoms with Gasteiger partial charge in [-0.1, -0.05) is 6.07 Å². The number of fused-ring (bicyclic) bond motifs is 3. The third-order valence-electron chi connectivity index (χ3n) is 6.71. The van der Waals surface area contributed by atoms with Gasteiger partial charge in [0.15, 0.2) is 23.0 Å². The molecule has 1 aliphatic carbocycles. The molecule has 0 amide bonds. The molecule has 1 aliphatic heterocycles. The second-order valence-corrected chi connectivity index (χ2v) is 8.64. The zero-order valence-corrected chi connectivity index (χ0v) is 19.1. The van der Waals surface area contributed by atoms with Crippen LogP contribution in [0.15, 0.2) is 60.1 Å². The second-order valence-electron chi connectivity index (χ2n) is 8.64. The molecule has 6 rings (SSSR count). The van der Waals surface area contributed by atoms with Gasteiger partial charge in [-0.3, -0.25) is 0 Å². The number of nitrogens with zero attached hydrogens (tertiary/aromatic N) is 4. The second kappa shape index (κ2) is 8.06. The molecule has 0 spiro atoms. The van der Waals surface area contributed by atoms with E-state index in [0.717, 1.165) is 53.8 Å². The fraction of sp³-hybridized carbons (Fsp3) is 0.269. The number of phenols is 1. The third kappa shape index (κ3) is 3.25. The van der Waals surface area contributed by atoms with E-state index in [0.29, 0.717) is 17.3 Å². The van der Waals surface area contributed by atoms with Crippen molar-refractivity contribution in [2.24, 2.45) is 0 Å². The molecule has 2 aromatic carbocycles. The van der Waals surface area contributed by atoms with Gasteiger partial charge in [-0.2, -0.15) is 0 Å². The van der Waals surface area contributed by atoms with Gasteiger partial charge in [-0.05, 0) is 73.2 Å². The molecular formula is C26H25N5O3. The summed E-state index contributed by atoms with van der Waals surface area (Å²) in [5.41, 5.74) is 6.34. The van der Waals surface area contributed by atoms with Crippen molar-refractivity contribution in [2.75, 3.05) is 19.5 Å². The summed E-state index contributed by atoms with van der Waals surface area (Å²) in [4.78, 5) is 9.66. The van der Waals surface area contributed by atoms with E-state index in [-0.39, 0.29) is 11.7 Å². The molecule has 0 radical (unpaired) electrons. The minimum Gasteiger partial charge on any atom is -0.508 e. The van der Waals surface area contributed by atoms with E-state index in [2.05, 4.69) is 22.5 Å². The minimum atomic E-state index is -0.0144. The summed E-state index contributed by atoms with van der Waals surface area (Å²) in [5.74, 6) is 3.00. The average molecular weight is 456 g/mol. The monoisotopic (exact) mass is 455 g/mol. The summed E-state index contributed by atoms with van der Waals surface area (Å²) >= 11 is 0. The summed E-state index contributed by atoms with van der Waals surface area (Å²) in [6, 6.07) is 13.0. The van der Waals surface area contributed by atoms with Crippen LogP contribution in [0.3, 0.4) is 0 Å². The summed E-state index contributed by atoms with van der Waals surface area (Å²) < 4.78 is 12.8. The maximum Gasteiger partial charge on any atom is 0.182 e. The van der Waals surface area contributed by atoms with Crippen LogP contribution in [0.2, 0.25) is 0 Å². The van der Waals surface area contributed by atoms with E-state index >= 15 is 0 Å². The molecule has 2 N–H and O–H groups in total. The van der Waals surface area contributed by atoms with Crippen LogP contribution in [0.1, 0.15) is 42.7 Å². The van der Waals surface area contributed by atoms with Gasteiger partial charge in [0.1, 0.15) is 17.9 Å². The highest BCUT2D eigenvalue weighted by molar-refractivity contribution is 5.73. The number of rotatable bonds is 4. The Morgan fingerprint density at radius 3 is 2.59 bits per heavy atom. The van der Waals surface area contributed by atoms with E-state index in [1.165, 1.54) is 11.3 Å². The van der Waals surface area contributed by atoms with Gasteiger partial charge in [0, 0.05) is 17.2 Å².